The predicted octanol–water partition coefficient (Wildman–Crippen LogP) is 0.503. The maximum absolute atomic E-state index is 12.4. The van der Waals surface area contributed by atoms with Gasteiger partial charge in [-0.05, 0) is 19.8 Å². The van der Waals surface area contributed by atoms with Crippen LogP contribution in [0.25, 0.3) is 0 Å². The second-order valence-corrected chi connectivity index (χ2v) is 6.23. The third kappa shape index (κ3) is 3.59. The third-order valence-electron chi connectivity index (χ3n) is 4.23. The third-order valence-corrected chi connectivity index (χ3v) is 4.23. The first kappa shape index (κ1) is 16.9. The van der Waals surface area contributed by atoms with E-state index in [4.69, 9.17) is 13.9 Å². The topological polar surface area (TPSA) is 93.9 Å². The monoisotopic (exact) mass is 337 g/mol. The molecule has 2 aliphatic rings. The van der Waals surface area contributed by atoms with Crippen LogP contribution in [0.3, 0.4) is 0 Å². The van der Waals surface area contributed by atoms with E-state index in [0.717, 1.165) is 12.8 Å². The highest BCUT2D eigenvalue weighted by molar-refractivity contribution is 5.90. The molecule has 8 heteroatoms. The molecule has 1 unspecified atom stereocenters. The number of oxazole rings is 1. The highest BCUT2D eigenvalue weighted by Gasteiger charge is 2.32. The Bertz CT molecular complexity index is 609. The van der Waals surface area contributed by atoms with E-state index in [1.54, 1.807) is 12.0 Å². The van der Waals surface area contributed by atoms with E-state index in [2.05, 4.69) is 10.3 Å². The van der Waals surface area contributed by atoms with E-state index < -0.39 is 0 Å². The van der Waals surface area contributed by atoms with Crippen LogP contribution in [-0.2, 0) is 27.2 Å². The number of hydrogen-bond donors (Lipinski definition) is 1. The molecule has 132 valence electrons. The second kappa shape index (κ2) is 7.31. The van der Waals surface area contributed by atoms with Crippen molar-refractivity contribution in [2.75, 3.05) is 26.9 Å². The van der Waals surface area contributed by atoms with Crippen molar-refractivity contribution in [1.29, 1.82) is 0 Å². The highest BCUT2D eigenvalue weighted by Crippen LogP contribution is 2.23. The molecule has 0 aliphatic carbocycles. The molecule has 3 heterocycles. The summed E-state index contributed by atoms with van der Waals surface area (Å²) in [5.74, 6) is 0.345. The van der Waals surface area contributed by atoms with E-state index in [9.17, 15) is 9.59 Å². The van der Waals surface area contributed by atoms with Gasteiger partial charge in [-0.15, -0.1) is 0 Å². The number of ether oxygens (including phenoxy) is 2. The summed E-state index contributed by atoms with van der Waals surface area (Å²) >= 11 is 0. The summed E-state index contributed by atoms with van der Waals surface area (Å²) in [4.78, 5) is 30.6. The van der Waals surface area contributed by atoms with Gasteiger partial charge in [-0.1, -0.05) is 0 Å². The average Bonchev–Trinajstić information content (AvgIpc) is 3.23. The van der Waals surface area contributed by atoms with Gasteiger partial charge >= 0.3 is 5.91 Å². The molecule has 3 rings (SSSR count). The summed E-state index contributed by atoms with van der Waals surface area (Å²) in [6.07, 6.45) is 1.91. The van der Waals surface area contributed by atoms with E-state index >= 15 is 0 Å². The number of carbonyl (C=O) groups excluding carboxylic acids is 2. The molecular weight excluding hydrogens is 314 g/mol. The molecule has 24 heavy (non-hydrogen) atoms. The van der Waals surface area contributed by atoms with Crippen molar-refractivity contribution in [1.82, 2.24) is 15.2 Å². The summed E-state index contributed by atoms with van der Waals surface area (Å²) in [5, 5.41) is 2.76. The summed E-state index contributed by atoms with van der Waals surface area (Å²) < 4.78 is 16.0. The Kier molecular flexibility index (Phi) is 5.15. The van der Waals surface area contributed by atoms with Crippen molar-refractivity contribution in [3.63, 3.8) is 0 Å². The Morgan fingerprint density at radius 1 is 1.50 bits per heavy atom. The van der Waals surface area contributed by atoms with E-state index in [1.807, 2.05) is 6.92 Å². The fraction of sp³-hybridized carbons (Fsp3) is 0.688. The summed E-state index contributed by atoms with van der Waals surface area (Å²) in [6.45, 7) is 3.81. The molecule has 2 amide bonds. The van der Waals surface area contributed by atoms with E-state index in [-0.39, 0.29) is 29.9 Å². The molecule has 1 saturated heterocycles. The predicted molar refractivity (Wildman–Crippen MR) is 83.4 cm³/mol. The number of carbonyl (C=O) groups is 2. The Hall–Kier alpha value is -1.93. The lowest BCUT2D eigenvalue weighted by atomic mass is 10.1. The molecule has 0 radical (unpaired) electrons. The second-order valence-electron chi connectivity index (χ2n) is 6.23. The van der Waals surface area contributed by atoms with Gasteiger partial charge < -0.3 is 24.1 Å². The molecule has 8 nitrogen and oxygen atoms in total. The molecule has 0 saturated carbocycles. The molecule has 1 aromatic heterocycles. The zero-order valence-electron chi connectivity index (χ0n) is 14.0. The fourth-order valence-corrected chi connectivity index (χ4v) is 3.04. The van der Waals surface area contributed by atoms with Gasteiger partial charge in [0.05, 0.1) is 13.2 Å². The quantitative estimate of drug-likeness (QED) is 0.841. The van der Waals surface area contributed by atoms with Crippen molar-refractivity contribution in [3.8, 4) is 0 Å². The number of fused-ring (bicyclic) bond motifs is 1. The Balaban J connectivity index is 1.64. The van der Waals surface area contributed by atoms with Crippen LogP contribution in [0.2, 0.25) is 0 Å². The molecule has 1 N–H and O–H groups in total. The van der Waals surface area contributed by atoms with Crippen molar-refractivity contribution in [2.24, 2.45) is 0 Å². The lowest BCUT2D eigenvalue weighted by Gasteiger charge is -2.27. The van der Waals surface area contributed by atoms with Crippen LogP contribution in [-0.4, -0.2) is 60.7 Å². The lowest BCUT2D eigenvalue weighted by Crippen LogP contribution is -2.41. The zero-order valence-corrected chi connectivity index (χ0v) is 14.0. The average molecular weight is 337 g/mol. The van der Waals surface area contributed by atoms with Crippen LogP contribution in [0.1, 0.15) is 41.9 Å². The first-order valence-electron chi connectivity index (χ1n) is 8.27. The SMILES string of the molecule is COC[C@H](C)NC(=O)c1nc2c(o1)CCN(C(=O)C1CCCO1)C2. The van der Waals surface area contributed by atoms with Crippen LogP contribution in [0.4, 0.5) is 0 Å². The van der Waals surface area contributed by atoms with E-state index in [0.29, 0.717) is 44.2 Å². The number of aromatic nitrogens is 1. The maximum Gasteiger partial charge on any atom is 0.307 e. The van der Waals surface area contributed by atoms with Crippen molar-refractivity contribution in [2.45, 2.75) is 44.9 Å². The number of nitrogens with one attached hydrogen (secondary N) is 1. The van der Waals surface area contributed by atoms with Crippen molar-refractivity contribution in [3.05, 3.63) is 17.3 Å². The lowest BCUT2D eigenvalue weighted by molar-refractivity contribution is -0.142. The maximum atomic E-state index is 12.4. The van der Waals surface area contributed by atoms with Crippen LogP contribution in [0, 0.1) is 0 Å². The number of nitrogens with zero attached hydrogens (tertiary/aromatic N) is 2. The number of methoxy groups -OCH3 is 1. The van der Waals surface area contributed by atoms with Crippen molar-refractivity contribution < 1.29 is 23.5 Å². The van der Waals surface area contributed by atoms with Gasteiger partial charge in [-0.25, -0.2) is 4.98 Å². The number of hydrogen-bond acceptors (Lipinski definition) is 6. The highest BCUT2D eigenvalue weighted by atomic mass is 16.5. The van der Waals surface area contributed by atoms with E-state index in [1.165, 1.54) is 0 Å². The smallest absolute Gasteiger partial charge is 0.307 e. The van der Waals surface area contributed by atoms with Crippen LogP contribution in [0.15, 0.2) is 4.42 Å². The molecule has 2 atom stereocenters. The van der Waals surface area contributed by atoms with Gasteiger partial charge in [0.15, 0.2) is 0 Å². The van der Waals surface area contributed by atoms with Gasteiger partial charge in [0.25, 0.3) is 11.8 Å². The summed E-state index contributed by atoms with van der Waals surface area (Å²) in [5.41, 5.74) is 0.650. The van der Waals surface area contributed by atoms with Gasteiger partial charge in [-0.3, -0.25) is 9.59 Å². The first-order chi connectivity index (χ1) is 11.6. The molecular formula is C16H23N3O5. The fourth-order valence-electron chi connectivity index (χ4n) is 3.04. The number of amides is 2. The Morgan fingerprint density at radius 2 is 2.33 bits per heavy atom. The zero-order chi connectivity index (χ0) is 17.1. The molecule has 0 bridgehead atoms. The van der Waals surface area contributed by atoms with Gasteiger partial charge in [0.2, 0.25) is 0 Å². The molecule has 1 fully saturated rings. The Morgan fingerprint density at radius 3 is 3.04 bits per heavy atom. The molecule has 2 aliphatic heterocycles. The van der Waals surface area contributed by atoms with Gasteiger partial charge in [-0.2, -0.15) is 0 Å². The van der Waals surface area contributed by atoms with Gasteiger partial charge in [0, 0.05) is 32.7 Å². The summed E-state index contributed by atoms with van der Waals surface area (Å²) in [6, 6.07) is -0.135. The largest absolute Gasteiger partial charge is 0.437 e. The van der Waals surface area contributed by atoms with Crippen molar-refractivity contribution >= 4 is 11.8 Å². The van der Waals surface area contributed by atoms with Gasteiger partial charge in [0.1, 0.15) is 17.6 Å². The minimum Gasteiger partial charge on any atom is -0.437 e. The number of rotatable bonds is 5. The standard InChI is InChI=1S/C16H23N3O5/c1-10(9-22-2)17-14(20)15-18-11-8-19(6-5-12(11)24-15)16(21)13-4-3-7-23-13/h10,13H,3-9H2,1-2H3,(H,17,20)/t10-,13?/m0/s1. The van der Waals surface area contributed by atoms with Crippen LogP contribution in [0.5, 0.6) is 0 Å². The molecule has 0 spiro atoms. The minimum absolute atomic E-state index is 0.000804. The van der Waals surface area contributed by atoms with Crippen LogP contribution >= 0.6 is 0 Å². The minimum atomic E-state index is -0.369. The summed E-state index contributed by atoms with van der Waals surface area (Å²) in [7, 11) is 1.58. The normalized spacial score (nSPS) is 21.4. The van der Waals surface area contributed by atoms with Crippen LogP contribution < -0.4 is 5.32 Å². The molecule has 0 aromatic carbocycles. The molecule has 1 aromatic rings. The first-order valence-corrected chi connectivity index (χ1v) is 8.27. The Labute approximate surface area is 140 Å².